The molecule has 3 rings (SSSR count). The Morgan fingerprint density at radius 1 is 1.40 bits per heavy atom. The molecule has 0 atom stereocenters. The van der Waals surface area contributed by atoms with Crippen LogP contribution in [-0.4, -0.2) is 22.4 Å². The van der Waals surface area contributed by atoms with E-state index in [1.165, 1.54) is 38.8 Å². The van der Waals surface area contributed by atoms with Crippen molar-refractivity contribution >= 4 is 16.7 Å². The zero-order valence-electron chi connectivity index (χ0n) is 9.20. The first-order chi connectivity index (χ1) is 7.31. The van der Waals surface area contributed by atoms with Crippen LogP contribution in [0.25, 0.3) is 0 Å². The van der Waals surface area contributed by atoms with E-state index in [2.05, 4.69) is 21.2 Å². The summed E-state index contributed by atoms with van der Waals surface area (Å²) in [6, 6.07) is 0. The van der Waals surface area contributed by atoms with Crippen molar-refractivity contribution in [3.05, 3.63) is 5.82 Å². The Kier molecular flexibility index (Phi) is 2.20. The van der Waals surface area contributed by atoms with Crippen LogP contribution in [0.4, 0.5) is 5.13 Å². The zero-order chi connectivity index (χ0) is 10.3. The standard InChI is InChI=1S/C11H17N3S/c1-2-9-12-10(15-13-9)14-7-6-11(8-14)4-3-5-11/h2-8H2,1H3. The maximum Gasteiger partial charge on any atom is 0.205 e. The van der Waals surface area contributed by atoms with Crippen molar-refractivity contribution in [3.8, 4) is 0 Å². The molecule has 4 heteroatoms. The van der Waals surface area contributed by atoms with Crippen molar-refractivity contribution in [3.63, 3.8) is 0 Å². The summed E-state index contributed by atoms with van der Waals surface area (Å²) in [5.41, 5.74) is 0.665. The van der Waals surface area contributed by atoms with Gasteiger partial charge >= 0.3 is 0 Å². The van der Waals surface area contributed by atoms with E-state index in [0.29, 0.717) is 5.41 Å². The van der Waals surface area contributed by atoms with Crippen molar-refractivity contribution in [2.75, 3.05) is 18.0 Å². The van der Waals surface area contributed by atoms with Gasteiger partial charge in [0.1, 0.15) is 5.82 Å². The van der Waals surface area contributed by atoms with Gasteiger partial charge in [0.15, 0.2) is 0 Å². The highest BCUT2D eigenvalue weighted by Gasteiger charge is 2.43. The second-order valence-corrected chi connectivity index (χ2v) is 5.60. The van der Waals surface area contributed by atoms with E-state index >= 15 is 0 Å². The Morgan fingerprint density at radius 2 is 2.27 bits per heavy atom. The number of anilines is 1. The van der Waals surface area contributed by atoms with E-state index in [0.717, 1.165) is 17.4 Å². The monoisotopic (exact) mass is 223 g/mol. The Labute approximate surface area is 94.7 Å². The van der Waals surface area contributed by atoms with Crippen LogP contribution in [0.1, 0.15) is 38.4 Å². The number of hydrogen-bond donors (Lipinski definition) is 0. The summed E-state index contributed by atoms with van der Waals surface area (Å²) in [4.78, 5) is 7.01. The van der Waals surface area contributed by atoms with Crippen LogP contribution in [0.15, 0.2) is 0 Å². The van der Waals surface area contributed by atoms with Gasteiger partial charge in [0.2, 0.25) is 5.13 Å². The minimum absolute atomic E-state index is 0.665. The first-order valence-electron chi connectivity index (χ1n) is 5.89. The molecule has 2 aliphatic rings. The molecule has 0 N–H and O–H groups in total. The molecule has 82 valence electrons. The molecule has 1 aliphatic heterocycles. The second kappa shape index (κ2) is 3.44. The lowest BCUT2D eigenvalue weighted by Crippen LogP contribution is -2.33. The van der Waals surface area contributed by atoms with Gasteiger partial charge in [0, 0.05) is 31.0 Å². The Bertz CT molecular complexity index is 356. The third-order valence-electron chi connectivity index (χ3n) is 3.90. The predicted octanol–water partition coefficient (Wildman–Crippen LogP) is 2.48. The van der Waals surface area contributed by atoms with Crippen molar-refractivity contribution in [1.82, 2.24) is 9.36 Å². The molecule has 3 nitrogen and oxygen atoms in total. The topological polar surface area (TPSA) is 29.0 Å². The molecule has 0 unspecified atom stereocenters. The highest BCUT2D eigenvalue weighted by Crippen LogP contribution is 2.48. The van der Waals surface area contributed by atoms with Crippen LogP contribution in [0, 0.1) is 5.41 Å². The normalized spacial score (nSPS) is 23.4. The maximum atomic E-state index is 4.57. The van der Waals surface area contributed by atoms with E-state index in [1.807, 2.05) is 0 Å². The van der Waals surface area contributed by atoms with Crippen LogP contribution in [0.5, 0.6) is 0 Å². The largest absolute Gasteiger partial charge is 0.346 e. The maximum absolute atomic E-state index is 4.57. The Hall–Kier alpha value is -0.640. The summed E-state index contributed by atoms with van der Waals surface area (Å²) in [6.07, 6.45) is 6.62. The summed E-state index contributed by atoms with van der Waals surface area (Å²) in [5.74, 6) is 1.00. The first kappa shape index (κ1) is 9.58. The van der Waals surface area contributed by atoms with E-state index in [9.17, 15) is 0 Å². The fraction of sp³-hybridized carbons (Fsp3) is 0.818. The quantitative estimate of drug-likeness (QED) is 0.771. The van der Waals surface area contributed by atoms with Gasteiger partial charge in [-0.1, -0.05) is 13.3 Å². The highest BCUT2D eigenvalue weighted by molar-refractivity contribution is 7.09. The molecular weight excluding hydrogens is 206 g/mol. The first-order valence-corrected chi connectivity index (χ1v) is 6.66. The van der Waals surface area contributed by atoms with E-state index < -0.39 is 0 Å². The summed E-state index contributed by atoms with van der Waals surface area (Å²) in [5, 5.41) is 1.15. The van der Waals surface area contributed by atoms with E-state index in [-0.39, 0.29) is 0 Å². The molecule has 15 heavy (non-hydrogen) atoms. The minimum Gasteiger partial charge on any atom is -0.346 e. The number of aromatic nitrogens is 2. The van der Waals surface area contributed by atoms with Gasteiger partial charge in [-0.3, -0.25) is 0 Å². The summed E-state index contributed by atoms with van der Waals surface area (Å²) in [6.45, 7) is 4.53. The van der Waals surface area contributed by atoms with Crippen LogP contribution in [0.2, 0.25) is 0 Å². The Balaban J connectivity index is 1.73. The molecule has 1 aromatic heterocycles. The molecular formula is C11H17N3S. The smallest absolute Gasteiger partial charge is 0.205 e. The SMILES string of the molecule is CCc1nsc(N2CCC3(CCC3)C2)n1. The fourth-order valence-corrected chi connectivity index (χ4v) is 3.47. The highest BCUT2D eigenvalue weighted by atomic mass is 32.1. The van der Waals surface area contributed by atoms with Gasteiger partial charge in [-0.05, 0) is 24.7 Å². The average Bonchev–Trinajstić information content (AvgIpc) is 2.83. The lowest BCUT2D eigenvalue weighted by atomic mass is 9.68. The third-order valence-corrected chi connectivity index (χ3v) is 4.71. The number of nitrogens with zero attached hydrogens (tertiary/aromatic N) is 3. The molecule has 0 aromatic carbocycles. The molecule has 1 aliphatic carbocycles. The lowest BCUT2D eigenvalue weighted by molar-refractivity contribution is 0.165. The number of rotatable bonds is 2. The lowest BCUT2D eigenvalue weighted by Gasteiger charge is -2.37. The molecule has 0 amide bonds. The zero-order valence-corrected chi connectivity index (χ0v) is 10.0. The van der Waals surface area contributed by atoms with Gasteiger partial charge < -0.3 is 4.90 Å². The van der Waals surface area contributed by atoms with Crippen molar-refractivity contribution in [2.24, 2.45) is 5.41 Å². The molecule has 1 aromatic rings. The minimum atomic E-state index is 0.665. The van der Waals surface area contributed by atoms with Crippen molar-refractivity contribution in [2.45, 2.75) is 39.0 Å². The fourth-order valence-electron chi connectivity index (χ4n) is 2.70. The molecule has 0 radical (unpaired) electrons. The number of aryl methyl sites for hydroxylation is 1. The van der Waals surface area contributed by atoms with E-state index in [4.69, 9.17) is 0 Å². The summed E-state index contributed by atoms with van der Waals surface area (Å²) in [7, 11) is 0. The average molecular weight is 223 g/mol. The van der Waals surface area contributed by atoms with Crippen molar-refractivity contribution < 1.29 is 0 Å². The van der Waals surface area contributed by atoms with E-state index in [1.54, 1.807) is 11.5 Å². The molecule has 1 saturated carbocycles. The van der Waals surface area contributed by atoms with Gasteiger partial charge in [0.25, 0.3) is 0 Å². The molecule has 1 spiro atoms. The summed E-state index contributed by atoms with van der Waals surface area (Å²) < 4.78 is 4.36. The van der Waals surface area contributed by atoms with Crippen LogP contribution in [-0.2, 0) is 6.42 Å². The van der Waals surface area contributed by atoms with Crippen LogP contribution < -0.4 is 4.90 Å². The van der Waals surface area contributed by atoms with Crippen LogP contribution in [0.3, 0.4) is 0 Å². The number of hydrogen-bond acceptors (Lipinski definition) is 4. The Morgan fingerprint density at radius 3 is 2.80 bits per heavy atom. The molecule has 1 saturated heterocycles. The summed E-state index contributed by atoms with van der Waals surface area (Å²) >= 11 is 1.57. The van der Waals surface area contributed by atoms with Gasteiger partial charge in [-0.25, -0.2) is 4.98 Å². The second-order valence-electron chi connectivity index (χ2n) is 4.87. The van der Waals surface area contributed by atoms with Gasteiger partial charge in [-0.15, -0.1) is 0 Å². The molecule has 2 heterocycles. The van der Waals surface area contributed by atoms with Gasteiger partial charge in [0.05, 0.1) is 0 Å². The third kappa shape index (κ3) is 1.55. The molecule has 2 fully saturated rings. The van der Waals surface area contributed by atoms with Crippen LogP contribution >= 0.6 is 11.5 Å². The molecule has 0 bridgehead atoms. The predicted molar refractivity (Wildman–Crippen MR) is 62.4 cm³/mol. The van der Waals surface area contributed by atoms with Gasteiger partial charge in [-0.2, -0.15) is 4.37 Å². The van der Waals surface area contributed by atoms with Crippen molar-refractivity contribution in [1.29, 1.82) is 0 Å².